The number of nitrogens with zero attached hydrogens (tertiary/aromatic N) is 1. The second-order valence-corrected chi connectivity index (χ2v) is 6.74. The summed E-state index contributed by atoms with van der Waals surface area (Å²) in [6.45, 7) is 0. The van der Waals surface area contributed by atoms with Crippen molar-refractivity contribution in [1.29, 1.82) is 0 Å². The standard InChI is InChI=1S/C15H18N2O3S/c1-17(14-6-4-5-7-15(14)20-2)13-9-8-11(10-12(13)16)21(3,18)19/h4-10H,16H2,1-3H3. The topological polar surface area (TPSA) is 72.6 Å². The van der Waals surface area contributed by atoms with E-state index < -0.39 is 9.84 Å². The number of anilines is 3. The number of ether oxygens (including phenoxy) is 1. The molecule has 0 saturated heterocycles. The van der Waals surface area contributed by atoms with Crippen LogP contribution in [0.25, 0.3) is 0 Å². The van der Waals surface area contributed by atoms with Crippen molar-refractivity contribution >= 4 is 26.9 Å². The number of nitrogens with two attached hydrogens (primary N) is 1. The molecular weight excluding hydrogens is 288 g/mol. The van der Waals surface area contributed by atoms with Crippen molar-refractivity contribution in [3.63, 3.8) is 0 Å². The maximum absolute atomic E-state index is 11.5. The van der Waals surface area contributed by atoms with Gasteiger partial charge >= 0.3 is 0 Å². The summed E-state index contributed by atoms with van der Waals surface area (Å²) >= 11 is 0. The van der Waals surface area contributed by atoms with E-state index >= 15 is 0 Å². The Morgan fingerprint density at radius 2 is 1.76 bits per heavy atom. The largest absolute Gasteiger partial charge is 0.495 e. The second-order valence-electron chi connectivity index (χ2n) is 4.72. The van der Waals surface area contributed by atoms with Gasteiger partial charge in [-0.05, 0) is 30.3 Å². The van der Waals surface area contributed by atoms with Gasteiger partial charge in [-0.1, -0.05) is 12.1 Å². The van der Waals surface area contributed by atoms with Crippen LogP contribution in [0.1, 0.15) is 0 Å². The Kier molecular flexibility index (Phi) is 4.09. The second kappa shape index (κ2) is 5.65. The maximum atomic E-state index is 11.5. The molecule has 0 bridgehead atoms. The summed E-state index contributed by atoms with van der Waals surface area (Å²) < 4.78 is 28.4. The summed E-state index contributed by atoms with van der Waals surface area (Å²) in [5, 5.41) is 0. The van der Waals surface area contributed by atoms with E-state index in [9.17, 15) is 8.42 Å². The minimum absolute atomic E-state index is 0.206. The van der Waals surface area contributed by atoms with E-state index in [4.69, 9.17) is 10.5 Å². The highest BCUT2D eigenvalue weighted by Gasteiger charge is 2.14. The van der Waals surface area contributed by atoms with E-state index in [-0.39, 0.29) is 4.90 Å². The van der Waals surface area contributed by atoms with Gasteiger partial charge in [0.15, 0.2) is 9.84 Å². The van der Waals surface area contributed by atoms with E-state index in [1.807, 2.05) is 36.2 Å². The number of methoxy groups -OCH3 is 1. The summed E-state index contributed by atoms with van der Waals surface area (Å²) in [6, 6.07) is 12.2. The molecule has 6 heteroatoms. The smallest absolute Gasteiger partial charge is 0.175 e. The van der Waals surface area contributed by atoms with Gasteiger partial charge in [-0.3, -0.25) is 0 Å². The summed E-state index contributed by atoms with van der Waals surface area (Å²) in [6.07, 6.45) is 1.16. The number of benzene rings is 2. The van der Waals surface area contributed by atoms with Gasteiger partial charge < -0.3 is 15.4 Å². The van der Waals surface area contributed by atoms with E-state index in [0.29, 0.717) is 17.1 Å². The lowest BCUT2D eigenvalue weighted by atomic mass is 10.2. The average Bonchev–Trinajstić information content (AvgIpc) is 2.45. The first-order valence-corrected chi connectivity index (χ1v) is 8.20. The van der Waals surface area contributed by atoms with Gasteiger partial charge in [-0.2, -0.15) is 0 Å². The minimum atomic E-state index is -3.27. The number of sulfone groups is 1. The molecule has 0 fully saturated rings. The highest BCUT2D eigenvalue weighted by Crippen LogP contribution is 2.35. The first kappa shape index (κ1) is 15.2. The zero-order chi connectivity index (χ0) is 15.6. The Morgan fingerprint density at radius 1 is 1.10 bits per heavy atom. The molecule has 0 atom stereocenters. The minimum Gasteiger partial charge on any atom is -0.495 e. The van der Waals surface area contributed by atoms with E-state index in [1.165, 1.54) is 6.07 Å². The Bertz CT molecular complexity index is 757. The molecule has 0 spiro atoms. The van der Waals surface area contributed by atoms with E-state index in [0.717, 1.165) is 11.9 Å². The molecule has 0 aliphatic carbocycles. The third-order valence-corrected chi connectivity index (χ3v) is 4.35. The lowest BCUT2D eigenvalue weighted by Crippen LogP contribution is -2.13. The predicted molar refractivity (Wildman–Crippen MR) is 85.0 cm³/mol. The van der Waals surface area contributed by atoms with Crippen molar-refractivity contribution in [2.24, 2.45) is 0 Å². The fourth-order valence-electron chi connectivity index (χ4n) is 2.11. The Labute approximate surface area is 124 Å². The molecule has 2 rings (SSSR count). The quantitative estimate of drug-likeness (QED) is 0.878. The molecule has 0 amide bonds. The van der Waals surface area contributed by atoms with Gasteiger partial charge in [0.05, 0.1) is 29.1 Å². The van der Waals surface area contributed by atoms with Gasteiger partial charge in [0.2, 0.25) is 0 Å². The zero-order valence-corrected chi connectivity index (χ0v) is 13.0. The van der Waals surface area contributed by atoms with Crippen molar-refractivity contribution in [2.75, 3.05) is 31.0 Å². The monoisotopic (exact) mass is 306 g/mol. The van der Waals surface area contributed by atoms with Crippen LogP contribution in [0.4, 0.5) is 17.1 Å². The van der Waals surface area contributed by atoms with Gasteiger partial charge in [0.1, 0.15) is 5.75 Å². The molecule has 112 valence electrons. The zero-order valence-electron chi connectivity index (χ0n) is 12.2. The van der Waals surface area contributed by atoms with Crippen LogP contribution in [0.3, 0.4) is 0 Å². The number of para-hydroxylation sites is 2. The lowest BCUT2D eigenvalue weighted by Gasteiger charge is -2.23. The number of rotatable bonds is 4. The summed E-state index contributed by atoms with van der Waals surface area (Å²) in [7, 11) is 0.182. The highest BCUT2D eigenvalue weighted by molar-refractivity contribution is 7.90. The van der Waals surface area contributed by atoms with Gasteiger partial charge in [-0.25, -0.2) is 8.42 Å². The van der Waals surface area contributed by atoms with Crippen LogP contribution in [-0.4, -0.2) is 28.8 Å². The first-order chi connectivity index (χ1) is 9.84. The molecule has 0 radical (unpaired) electrons. The predicted octanol–water partition coefficient (Wildman–Crippen LogP) is 2.45. The van der Waals surface area contributed by atoms with Crippen LogP contribution in [0.15, 0.2) is 47.4 Å². The van der Waals surface area contributed by atoms with E-state index in [2.05, 4.69) is 0 Å². The van der Waals surface area contributed by atoms with Crippen LogP contribution in [0.5, 0.6) is 5.75 Å². The van der Waals surface area contributed by atoms with Crippen LogP contribution in [0.2, 0.25) is 0 Å². The molecular formula is C15H18N2O3S. The molecule has 0 heterocycles. The van der Waals surface area contributed by atoms with Crippen LogP contribution in [0, 0.1) is 0 Å². The van der Waals surface area contributed by atoms with Gasteiger partial charge in [0, 0.05) is 13.3 Å². The molecule has 0 aliphatic rings. The normalized spacial score (nSPS) is 11.2. The molecule has 0 unspecified atom stereocenters. The Hall–Kier alpha value is -2.21. The first-order valence-electron chi connectivity index (χ1n) is 6.31. The molecule has 2 N–H and O–H groups in total. The third-order valence-electron chi connectivity index (χ3n) is 3.24. The fraction of sp³-hybridized carbons (Fsp3) is 0.200. The Balaban J connectivity index is 2.47. The molecule has 2 aromatic rings. The molecule has 0 saturated carbocycles. The average molecular weight is 306 g/mol. The summed E-state index contributed by atoms with van der Waals surface area (Å²) in [4.78, 5) is 2.07. The van der Waals surface area contributed by atoms with Crippen LogP contribution < -0.4 is 15.4 Å². The summed E-state index contributed by atoms with van der Waals surface area (Å²) in [5.41, 5.74) is 7.96. The lowest BCUT2D eigenvalue weighted by molar-refractivity contribution is 0.415. The van der Waals surface area contributed by atoms with Crippen molar-refractivity contribution in [3.05, 3.63) is 42.5 Å². The summed E-state index contributed by atoms with van der Waals surface area (Å²) in [5.74, 6) is 0.714. The molecule has 0 aliphatic heterocycles. The van der Waals surface area contributed by atoms with Gasteiger partial charge in [-0.15, -0.1) is 0 Å². The number of nitrogen functional groups attached to an aromatic ring is 1. The fourth-order valence-corrected chi connectivity index (χ4v) is 2.76. The Morgan fingerprint density at radius 3 is 2.33 bits per heavy atom. The van der Waals surface area contributed by atoms with Crippen LogP contribution >= 0.6 is 0 Å². The van der Waals surface area contributed by atoms with E-state index in [1.54, 1.807) is 19.2 Å². The molecule has 21 heavy (non-hydrogen) atoms. The van der Waals surface area contributed by atoms with Crippen molar-refractivity contribution in [1.82, 2.24) is 0 Å². The van der Waals surface area contributed by atoms with Crippen LogP contribution in [-0.2, 0) is 9.84 Å². The maximum Gasteiger partial charge on any atom is 0.175 e. The van der Waals surface area contributed by atoms with Crippen molar-refractivity contribution < 1.29 is 13.2 Å². The molecule has 5 nitrogen and oxygen atoms in total. The van der Waals surface area contributed by atoms with Gasteiger partial charge in [0.25, 0.3) is 0 Å². The highest BCUT2D eigenvalue weighted by atomic mass is 32.2. The number of hydrogen-bond donors (Lipinski definition) is 1. The third kappa shape index (κ3) is 3.11. The SMILES string of the molecule is COc1ccccc1N(C)c1ccc(S(C)(=O)=O)cc1N. The van der Waals surface area contributed by atoms with Crippen molar-refractivity contribution in [3.8, 4) is 5.75 Å². The molecule has 0 aromatic heterocycles. The molecule has 2 aromatic carbocycles. The number of hydrogen-bond acceptors (Lipinski definition) is 5. The van der Waals surface area contributed by atoms with Crippen molar-refractivity contribution in [2.45, 2.75) is 4.90 Å².